The van der Waals surface area contributed by atoms with Crippen molar-refractivity contribution >= 4 is 5.91 Å². The minimum absolute atomic E-state index is 0.106. The van der Waals surface area contributed by atoms with Crippen LogP contribution < -0.4 is 5.56 Å². The third kappa shape index (κ3) is 3.13. The summed E-state index contributed by atoms with van der Waals surface area (Å²) < 4.78 is 6.40. The zero-order valence-corrected chi connectivity index (χ0v) is 14.0. The molecule has 0 bridgehead atoms. The first kappa shape index (κ1) is 16.2. The molecule has 4 rings (SSSR count). The molecule has 0 N–H and O–H groups in total. The van der Waals surface area contributed by atoms with E-state index in [1.54, 1.807) is 29.4 Å². The van der Waals surface area contributed by atoms with Crippen molar-refractivity contribution in [2.75, 3.05) is 6.54 Å². The fourth-order valence-electron chi connectivity index (χ4n) is 3.22. The summed E-state index contributed by atoms with van der Waals surface area (Å²) >= 11 is 0. The van der Waals surface area contributed by atoms with E-state index in [2.05, 4.69) is 15.2 Å². The Morgan fingerprint density at radius 1 is 1.15 bits per heavy atom. The highest BCUT2D eigenvalue weighted by Crippen LogP contribution is 2.21. The van der Waals surface area contributed by atoms with E-state index in [4.69, 9.17) is 4.52 Å². The third-order valence-corrected chi connectivity index (χ3v) is 4.51. The van der Waals surface area contributed by atoms with Gasteiger partial charge in [-0.05, 0) is 31.0 Å². The Bertz CT molecular complexity index is 952. The molecule has 26 heavy (non-hydrogen) atoms. The molecule has 8 nitrogen and oxygen atoms in total. The Labute approximate surface area is 149 Å². The molecule has 0 spiro atoms. The zero-order chi connectivity index (χ0) is 17.9. The van der Waals surface area contributed by atoms with Gasteiger partial charge in [-0.15, -0.1) is 0 Å². The summed E-state index contributed by atoms with van der Waals surface area (Å²) in [5.74, 6) is 0.00563. The van der Waals surface area contributed by atoms with E-state index >= 15 is 0 Å². The van der Waals surface area contributed by atoms with Gasteiger partial charge in [-0.3, -0.25) is 14.6 Å². The number of hydrogen-bond donors (Lipinski definition) is 0. The van der Waals surface area contributed by atoms with Gasteiger partial charge < -0.3 is 9.42 Å². The van der Waals surface area contributed by atoms with Crippen LogP contribution in [0.3, 0.4) is 0 Å². The van der Waals surface area contributed by atoms with Crippen molar-refractivity contribution in [1.29, 1.82) is 0 Å². The van der Waals surface area contributed by atoms with Crippen LogP contribution in [-0.2, 0) is 6.54 Å². The van der Waals surface area contributed by atoms with Crippen molar-refractivity contribution in [1.82, 2.24) is 24.8 Å². The maximum absolute atomic E-state index is 12.6. The first-order valence-corrected chi connectivity index (χ1v) is 8.42. The molecule has 1 aliphatic heterocycles. The van der Waals surface area contributed by atoms with Gasteiger partial charge >= 0.3 is 0 Å². The van der Waals surface area contributed by atoms with Gasteiger partial charge in [-0.1, -0.05) is 5.16 Å². The Kier molecular flexibility index (Phi) is 4.30. The molecule has 1 saturated heterocycles. The molecular weight excluding hydrogens is 334 g/mol. The second kappa shape index (κ2) is 6.91. The van der Waals surface area contributed by atoms with Crippen LogP contribution in [0.15, 0.2) is 58.2 Å². The maximum Gasteiger partial charge on any atom is 0.292 e. The lowest BCUT2D eigenvalue weighted by Crippen LogP contribution is -2.40. The van der Waals surface area contributed by atoms with Gasteiger partial charge in [0.25, 0.3) is 11.5 Å². The van der Waals surface area contributed by atoms with E-state index in [0.29, 0.717) is 18.8 Å². The van der Waals surface area contributed by atoms with Crippen molar-refractivity contribution in [3.63, 3.8) is 0 Å². The molecule has 0 saturated carbocycles. The molecule has 0 aromatic carbocycles. The van der Waals surface area contributed by atoms with Crippen LogP contribution >= 0.6 is 0 Å². The van der Waals surface area contributed by atoms with Gasteiger partial charge in [0.1, 0.15) is 0 Å². The molecule has 1 amide bonds. The number of hydrogen-bond acceptors (Lipinski definition) is 6. The lowest BCUT2D eigenvalue weighted by atomic mass is 10.2. The summed E-state index contributed by atoms with van der Waals surface area (Å²) in [7, 11) is 0. The van der Waals surface area contributed by atoms with Crippen LogP contribution in [0.25, 0.3) is 11.3 Å². The first-order valence-electron chi connectivity index (χ1n) is 8.42. The zero-order valence-electron chi connectivity index (χ0n) is 14.0. The number of aromatic nitrogens is 4. The molecule has 132 valence electrons. The summed E-state index contributed by atoms with van der Waals surface area (Å²) in [6, 6.07) is 8.32. The van der Waals surface area contributed by atoms with E-state index in [-0.39, 0.29) is 23.3 Å². The lowest BCUT2D eigenvalue weighted by Gasteiger charge is -2.23. The standard InChI is InChI=1S/C18H17N5O3/c24-17-4-3-15(13-5-8-19-9-6-13)21-23(17)12-14-2-1-11-22(14)18(25)16-7-10-20-26-16/h3-10,14H,1-2,11-12H2. The third-order valence-electron chi connectivity index (χ3n) is 4.51. The van der Waals surface area contributed by atoms with Crippen molar-refractivity contribution in [2.45, 2.75) is 25.4 Å². The summed E-state index contributed by atoms with van der Waals surface area (Å²) in [5.41, 5.74) is 1.38. The van der Waals surface area contributed by atoms with Crippen LogP contribution in [-0.4, -0.2) is 43.3 Å². The van der Waals surface area contributed by atoms with E-state index in [1.165, 1.54) is 16.9 Å². The van der Waals surface area contributed by atoms with E-state index in [1.807, 2.05) is 12.1 Å². The number of pyridine rings is 1. The average molecular weight is 351 g/mol. The monoisotopic (exact) mass is 351 g/mol. The van der Waals surface area contributed by atoms with Crippen LogP contribution in [0.1, 0.15) is 23.4 Å². The SMILES string of the molecule is O=C(c1ccno1)N1CCCC1Cn1nc(-c2ccncc2)ccc1=O. The Balaban J connectivity index is 1.58. The molecule has 1 aliphatic rings. The van der Waals surface area contributed by atoms with Gasteiger partial charge in [-0.2, -0.15) is 5.10 Å². The highest BCUT2D eigenvalue weighted by molar-refractivity contribution is 5.91. The van der Waals surface area contributed by atoms with E-state index in [9.17, 15) is 9.59 Å². The fourth-order valence-corrected chi connectivity index (χ4v) is 3.22. The van der Waals surface area contributed by atoms with Gasteiger partial charge in [0.15, 0.2) is 0 Å². The summed E-state index contributed by atoms with van der Waals surface area (Å²) in [4.78, 5) is 30.5. The smallest absolute Gasteiger partial charge is 0.292 e. The van der Waals surface area contributed by atoms with Crippen molar-refractivity contribution in [2.24, 2.45) is 0 Å². The largest absolute Gasteiger partial charge is 0.351 e. The second-order valence-electron chi connectivity index (χ2n) is 6.15. The van der Waals surface area contributed by atoms with Crippen LogP contribution in [0.2, 0.25) is 0 Å². The Hall–Kier alpha value is -3.29. The molecule has 0 aliphatic carbocycles. The number of rotatable bonds is 4. The van der Waals surface area contributed by atoms with Gasteiger partial charge in [0.05, 0.1) is 24.5 Å². The van der Waals surface area contributed by atoms with Crippen molar-refractivity contribution < 1.29 is 9.32 Å². The van der Waals surface area contributed by atoms with Crippen molar-refractivity contribution in [3.05, 3.63) is 65.0 Å². The number of carbonyl (C=O) groups excluding carboxylic acids is 1. The number of amides is 1. The molecule has 0 radical (unpaired) electrons. The second-order valence-corrected chi connectivity index (χ2v) is 6.15. The lowest BCUT2D eigenvalue weighted by molar-refractivity contribution is 0.0678. The van der Waals surface area contributed by atoms with Crippen LogP contribution in [0, 0.1) is 0 Å². The average Bonchev–Trinajstić information content (AvgIpc) is 3.36. The first-order chi connectivity index (χ1) is 12.7. The molecule has 1 atom stereocenters. The fraction of sp³-hybridized carbons (Fsp3) is 0.278. The van der Waals surface area contributed by atoms with Crippen LogP contribution in [0.4, 0.5) is 0 Å². The predicted molar refractivity (Wildman–Crippen MR) is 92.3 cm³/mol. The molecule has 1 unspecified atom stereocenters. The summed E-state index contributed by atoms with van der Waals surface area (Å²) in [5, 5.41) is 8.05. The van der Waals surface area contributed by atoms with E-state index < -0.39 is 0 Å². The predicted octanol–water partition coefficient (Wildman–Crippen LogP) is 1.60. The molecule has 3 aromatic rings. The maximum atomic E-state index is 12.6. The molecule has 1 fully saturated rings. The minimum Gasteiger partial charge on any atom is -0.351 e. The van der Waals surface area contributed by atoms with Gasteiger partial charge in [-0.25, -0.2) is 4.68 Å². The number of carbonyl (C=O) groups is 1. The topological polar surface area (TPSA) is 94.1 Å². The summed E-state index contributed by atoms with van der Waals surface area (Å²) in [6.45, 7) is 0.973. The quantitative estimate of drug-likeness (QED) is 0.709. The molecular formula is C18H17N5O3. The van der Waals surface area contributed by atoms with Gasteiger partial charge in [0.2, 0.25) is 5.76 Å². The molecule has 3 aromatic heterocycles. The van der Waals surface area contributed by atoms with Gasteiger partial charge in [0, 0.05) is 36.6 Å². The van der Waals surface area contributed by atoms with Crippen LogP contribution in [0.5, 0.6) is 0 Å². The highest BCUT2D eigenvalue weighted by Gasteiger charge is 2.31. The normalized spacial score (nSPS) is 16.8. The van der Waals surface area contributed by atoms with E-state index in [0.717, 1.165) is 18.4 Å². The Morgan fingerprint density at radius 2 is 2.00 bits per heavy atom. The highest BCUT2D eigenvalue weighted by atomic mass is 16.5. The summed E-state index contributed by atoms with van der Waals surface area (Å²) in [6.07, 6.45) is 6.50. The Morgan fingerprint density at radius 3 is 2.77 bits per heavy atom. The number of likely N-dealkylation sites (tertiary alicyclic amines) is 1. The number of nitrogens with zero attached hydrogens (tertiary/aromatic N) is 5. The van der Waals surface area contributed by atoms with Crippen molar-refractivity contribution in [3.8, 4) is 11.3 Å². The molecule has 4 heterocycles. The molecule has 8 heteroatoms. The minimum atomic E-state index is -0.205.